The maximum absolute atomic E-state index is 11.0. The predicted molar refractivity (Wildman–Crippen MR) is 42.1 cm³/mol. The maximum atomic E-state index is 11.0. The van der Waals surface area contributed by atoms with Crippen LogP contribution in [0.2, 0.25) is 0 Å². The van der Waals surface area contributed by atoms with Gasteiger partial charge in [-0.2, -0.15) is 0 Å². The molecule has 1 fully saturated rings. The molecule has 1 amide bonds. The zero-order chi connectivity index (χ0) is 8.10. The first-order chi connectivity index (χ1) is 5.33. The fourth-order valence-corrected chi connectivity index (χ4v) is 1.48. The molecule has 1 saturated heterocycles. The Morgan fingerprint density at radius 2 is 2.45 bits per heavy atom. The molecule has 0 saturated carbocycles. The van der Waals surface area contributed by atoms with Gasteiger partial charge in [-0.3, -0.25) is 4.79 Å². The van der Waals surface area contributed by atoms with Crippen LogP contribution in [0.4, 0.5) is 0 Å². The predicted octanol–water partition coefficient (Wildman–Crippen LogP) is 0.285. The van der Waals surface area contributed by atoms with E-state index in [1.54, 1.807) is 0 Å². The van der Waals surface area contributed by atoms with Crippen molar-refractivity contribution in [2.24, 2.45) is 5.92 Å². The van der Waals surface area contributed by atoms with Crippen LogP contribution in [0.3, 0.4) is 0 Å². The van der Waals surface area contributed by atoms with E-state index in [0.29, 0.717) is 12.3 Å². The molecule has 11 heavy (non-hydrogen) atoms. The Labute approximate surface area is 66.8 Å². The quantitative estimate of drug-likeness (QED) is 0.605. The summed E-state index contributed by atoms with van der Waals surface area (Å²) in [4.78, 5) is 11.0. The van der Waals surface area contributed by atoms with Crippen molar-refractivity contribution in [2.45, 2.75) is 25.7 Å². The van der Waals surface area contributed by atoms with Gasteiger partial charge in [0, 0.05) is 19.6 Å². The van der Waals surface area contributed by atoms with Gasteiger partial charge in [-0.15, -0.1) is 0 Å². The van der Waals surface area contributed by atoms with Crippen molar-refractivity contribution in [3.05, 3.63) is 0 Å². The van der Waals surface area contributed by atoms with E-state index in [0.717, 1.165) is 25.8 Å². The average molecular weight is 157 g/mol. The molecule has 0 bridgehead atoms. The highest BCUT2D eigenvalue weighted by atomic mass is 16.3. The van der Waals surface area contributed by atoms with Gasteiger partial charge in [0.15, 0.2) is 0 Å². The molecule has 0 aromatic rings. The Bertz CT molecular complexity index is 136. The van der Waals surface area contributed by atoms with Crippen LogP contribution in [0.25, 0.3) is 0 Å². The van der Waals surface area contributed by atoms with Crippen molar-refractivity contribution in [2.75, 3.05) is 13.2 Å². The summed E-state index contributed by atoms with van der Waals surface area (Å²) in [6, 6.07) is 0. The van der Waals surface area contributed by atoms with Gasteiger partial charge in [0.2, 0.25) is 5.91 Å². The first kappa shape index (κ1) is 8.53. The van der Waals surface area contributed by atoms with Crippen LogP contribution in [0.1, 0.15) is 25.7 Å². The first-order valence-electron chi connectivity index (χ1n) is 4.20. The van der Waals surface area contributed by atoms with E-state index in [2.05, 4.69) is 5.32 Å². The molecule has 1 heterocycles. The SMILES string of the molecule is O=C1CC(CCO)CCCN1. The van der Waals surface area contributed by atoms with Gasteiger partial charge in [0.25, 0.3) is 0 Å². The summed E-state index contributed by atoms with van der Waals surface area (Å²) < 4.78 is 0. The normalized spacial score (nSPS) is 25.9. The molecule has 2 N–H and O–H groups in total. The Morgan fingerprint density at radius 3 is 3.18 bits per heavy atom. The molecule has 3 nitrogen and oxygen atoms in total. The molecule has 0 radical (unpaired) electrons. The Morgan fingerprint density at radius 1 is 1.64 bits per heavy atom. The minimum Gasteiger partial charge on any atom is -0.396 e. The van der Waals surface area contributed by atoms with Crippen LogP contribution in [-0.4, -0.2) is 24.2 Å². The van der Waals surface area contributed by atoms with Gasteiger partial charge >= 0.3 is 0 Å². The van der Waals surface area contributed by atoms with Crippen molar-refractivity contribution >= 4 is 5.91 Å². The highest BCUT2D eigenvalue weighted by Crippen LogP contribution is 2.16. The van der Waals surface area contributed by atoms with Gasteiger partial charge in [0.05, 0.1) is 0 Å². The molecule has 0 aromatic carbocycles. The lowest BCUT2D eigenvalue weighted by molar-refractivity contribution is -0.121. The van der Waals surface area contributed by atoms with Crippen molar-refractivity contribution in [3.8, 4) is 0 Å². The lowest BCUT2D eigenvalue weighted by Gasteiger charge is -2.09. The van der Waals surface area contributed by atoms with Crippen molar-refractivity contribution in [3.63, 3.8) is 0 Å². The molecule has 3 heteroatoms. The van der Waals surface area contributed by atoms with E-state index >= 15 is 0 Å². The zero-order valence-electron chi connectivity index (χ0n) is 6.68. The summed E-state index contributed by atoms with van der Waals surface area (Å²) in [5.41, 5.74) is 0. The number of hydrogen-bond acceptors (Lipinski definition) is 2. The minimum atomic E-state index is 0.140. The molecule has 0 aromatic heterocycles. The third-order valence-corrected chi connectivity index (χ3v) is 2.12. The lowest BCUT2D eigenvalue weighted by Crippen LogP contribution is -2.22. The van der Waals surface area contributed by atoms with Gasteiger partial charge in [-0.1, -0.05) is 0 Å². The number of aliphatic hydroxyl groups excluding tert-OH is 1. The molecule has 0 spiro atoms. The number of amides is 1. The fraction of sp³-hybridized carbons (Fsp3) is 0.875. The van der Waals surface area contributed by atoms with Crippen molar-refractivity contribution in [1.82, 2.24) is 5.32 Å². The van der Waals surface area contributed by atoms with Crippen LogP contribution < -0.4 is 5.32 Å². The molecule has 1 aliphatic heterocycles. The topological polar surface area (TPSA) is 49.3 Å². The molecular formula is C8H15NO2. The van der Waals surface area contributed by atoms with Crippen LogP contribution in [0.15, 0.2) is 0 Å². The van der Waals surface area contributed by atoms with Crippen molar-refractivity contribution in [1.29, 1.82) is 0 Å². The highest BCUT2D eigenvalue weighted by Gasteiger charge is 2.15. The Kier molecular flexibility index (Phi) is 3.36. The Balaban J connectivity index is 2.33. The lowest BCUT2D eigenvalue weighted by atomic mass is 9.97. The summed E-state index contributed by atoms with van der Waals surface area (Å²) in [5, 5.41) is 11.5. The van der Waals surface area contributed by atoms with E-state index in [1.807, 2.05) is 0 Å². The molecule has 1 unspecified atom stereocenters. The number of hydrogen-bond donors (Lipinski definition) is 2. The van der Waals surface area contributed by atoms with Crippen LogP contribution in [0.5, 0.6) is 0 Å². The van der Waals surface area contributed by atoms with E-state index in [4.69, 9.17) is 5.11 Å². The number of carbonyl (C=O) groups is 1. The van der Waals surface area contributed by atoms with Gasteiger partial charge in [-0.25, -0.2) is 0 Å². The first-order valence-corrected chi connectivity index (χ1v) is 4.20. The van der Waals surface area contributed by atoms with E-state index < -0.39 is 0 Å². The van der Waals surface area contributed by atoms with Gasteiger partial charge in [-0.05, 0) is 25.2 Å². The third-order valence-electron chi connectivity index (χ3n) is 2.12. The van der Waals surface area contributed by atoms with Crippen LogP contribution in [-0.2, 0) is 4.79 Å². The maximum Gasteiger partial charge on any atom is 0.220 e. The third kappa shape index (κ3) is 2.89. The van der Waals surface area contributed by atoms with E-state index in [1.165, 1.54) is 0 Å². The second-order valence-corrected chi connectivity index (χ2v) is 3.07. The molecule has 1 aliphatic rings. The molecule has 0 aliphatic carbocycles. The second kappa shape index (κ2) is 4.34. The minimum absolute atomic E-state index is 0.140. The summed E-state index contributed by atoms with van der Waals surface area (Å²) in [6.07, 6.45) is 3.49. The van der Waals surface area contributed by atoms with Crippen LogP contribution in [0, 0.1) is 5.92 Å². The monoisotopic (exact) mass is 157 g/mol. The van der Waals surface area contributed by atoms with E-state index in [-0.39, 0.29) is 12.5 Å². The Hall–Kier alpha value is -0.570. The summed E-state index contributed by atoms with van der Waals surface area (Å²) in [6.45, 7) is 1.01. The number of aliphatic hydroxyl groups is 1. The van der Waals surface area contributed by atoms with Gasteiger partial charge in [0.1, 0.15) is 0 Å². The highest BCUT2D eigenvalue weighted by molar-refractivity contribution is 5.76. The summed E-state index contributed by atoms with van der Waals surface area (Å²) >= 11 is 0. The second-order valence-electron chi connectivity index (χ2n) is 3.07. The smallest absolute Gasteiger partial charge is 0.220 e. The fourth-order valence-electron chi connectivity index (χ4n) is 1.48. The summed E-state index contributed by atoms with van der Waals surface area (Å²) in [5.74, 6) is 0.545. The van der Waals surface area contributed by atoms with Crippen LogP contribution >= 0.6 is 0 Å². The number of rotatable bonds is 2. The number of carbonyl (C=O) groups excluding carboxylic acids is 1. The van der Waals surface area contributed by atoms with Gasteiger partial charge < -0.3 is 10.4 Å². The number of nitrogens with one attached hydrogen (secondary N) is 1. The molecular weight excluding hydrogens is 142 g/mol. The zero-order valence-corrected chi connectivity index (χ0v) is 6.68. The molecule has 64 valence electrons. The largest absolute Gasteiger partial charge is 0.396 e. The average Bonchev–Trinajstić information content (AvgIpc) is 2.15. The van der Waals surface area contributed by atoms with Crippen molar-refractivity contribution < 1.29 is 9.90 Å². The summed E-state index contributed by atoms with van der Waals surface area (Å²) in [7, 11) is 0. The van der Waals surface area contributed by atoms with E-state index in [9.17, 15) is 4.79 Å². The molecule has 1 rings (SSSR count). The molecule has 1 atom stereocenters. The standard InChI is InChI=1S/C8H15NO2/c10-5-3-7-2-1-4-9-8(11)6-7/h7,10H,1-6H2,(H,9,11).